The molecule has 1 aliphatic heterocycles. The first-order valence-electron chi connectivity index (χ1n) is 7.70. The average Bonchev–Trinajstić information content (AvgIpc) is 2.50. The summed E-state index contributed by atoms with van der Waals surface area (Å²) in [6, 6.07) is 5.46. The van der Waals surface area contributed by atoms with Crippen LogP contribution in [0.5, 0.6) is 0 Å². The smallest absolute Gasteiger partial charge is 0.246 e. The number of aryl methyl sites for hydroxylation is 2. The minimum absolute atomic E-state index is 0.00251. The lowest BCUT2D eigenvalue weighted by Gasteiger charge is -2.32. The molecule has 0 spiro atoms. The highest BCUT2D eigenvalue weighted by Gasteiger charge is 2.30. The molecule has 1 aliphatic rings. The number of ether oxygens (including phenoxy) is 1. The molecule has 1 aromatic rings. The van der Waals surface area contributed by atoms with Gasteiger partial charge in [0.1, 0.15) is 6.61 Å². The first-order valence-corrected chi connectivity index (χ1v) is 9.14. The number of benzene rings is 1. The van der Waals surface area contributed by atoms with Gasteiger partial charge in [0.05, 0.1) is 4.90 Å². The normalized spacial score (nSPS) is 17.2. The molecular formula is C16H24N2O4S. The SMILES string of the molecule is COCC(=O)NC1CCN(S(=O)(=O)c2cc(C)ccc2C)CC1. The molecule has 0 aliphatic carbocycles. The van der Waals surface area contributed by atoms with Crippen molar-refractivity contribution in [2.75, 3.05) is 26.8 Å². The summed E-state index contributed by atoms with van der Waals surface area (Å²) in [5.41, 5.74) is 1.68. The molecule has 7 heteroatoms. The van der Waals surface area contributed by atoms with E-state index in [1.165, 1.54) is 11.4 Å². The summed E-state index contributed by atoms with van der Waals surface area (Å²) in [4.78, 5) is 11.9. The summed E-state index contributed by atoms with van der Waals surface area (Å²) in [5, 5.41) is 2.87. The zero-order chi connectivity index (χ0) is 17.0. The molecule has 0 atom stereocenters. The first kappa shape index (κ1) is 17.9. The number of carbonyl (C=O) groups excluding carboxylic acids is 1. The van der Waals surface area contributed by atoms with Crippen LogP contribution >= 0.6 is 0 Å². The molecule has 1 fully saturated rings. The van der Waals surface area contributed by atoms with Gasteiger partial charge >= 0.3 is 0 Å². The standard InChI is InChI=1S/C16H24N2O4S/c1-12-4-5-13(2)15(10-12)23(20,21)18-8-6-14(7-9-18)17-16(19)11-22-3/h4-5,10,14H,6-9,11H2,1-3H3,(H,17,19). The largest absolute Gasteiger partial charge is 0.375 e. The fourth-order valence-electron chi connectivity index (χ4n) is 2.77. The van der Waals surface area contributed by atoms with E-state index < -0.39 is 10.0 Å². The maximum absolute atomic E-state index is 12.8. The van der Waals surface area contributed by atoms with Crippen molar-refractivity contribution in [1.29, 1.82) is 0 Å². The summed E-state index contributed by atoms with van der Waals surface area (Å²) in [6.45, 7) is 4.54. The van der Waals surface area contributed by atoms with Crippen molar-refractivity contribution in [2.24, 2.45) is 0 Å². The third kappa shape index (κ3) is 4.31. The van der Waals surface area contributed by atoms with Gasteiger partial charge in [0.2, 0.25) is 15.9 Å². The topological polar surface area (TPSA) is 75.7 Å². The number of hydrogen-bond acceptors (Lipinski definition) is 4. The maximum Gasteiger partial charge on any atom is 0.246 e. The Balaban J connectivity index is 2.04. The quantitative estimate of drug-likeness (QED) is 0.874. The molecule has 0 saturated carbocycles. The monoisotopic (exact) mass is 340 g/mol. The lowest BCUT2D eigenvalue weighted by molar-refractivity contribution is -0.125. The van der Waals surface area contributed by atoms with Crippen molar-refractivity contribution < 1.29 is 17.9 Å². The van der Waals surface area contributed by atoms with Crippen LogP contribution in [0.4, 0.5) is 0 Å². The lowest BCUT2D eigenvalue weighted by atomic mass is 10.1. The minimum atomic E-state index is -3.48. The zero-order valence-corrected chi connectivity index (χ0v) is 14.6. The van der Waals surface area contributed by atoms with E-state index in [2.05, 4.69) is 5.32 Å². The number of carbonyl (C=O) groups is 1. The van der Waals surface area contributed by atoms with Crippen molar-refractivity contribution in [1.82, 2.24) is 9.62 Å². The van der Waals surface area contributed by atoms with Gasteiger partial charge in [-0.2, -0.15) is 4.31 Å². The van der Waals surface area contributed by atoms with E-state index in [-0.39, 0.29) is 18.6 Å². The van der Waals surface area contributed by atoms with Gasteiger partial charge in [-0.1, -0.05) is 12.1 Å². The summed E-state index contributed by atoms with van der Waals surface area (Å²) >= 11 is 0. The van der Waals surface area contributed by atoms with Crippen LogP contribution in [0, 0.1) is 13.8 Å². The predicted octanol–water partition coefficient (Wildman–Crippen LogP) is 1.22. The Morgan fingerprint density at radius 1 is 1.30 bits per heavy atom. The number of hydrogen-bond donors (Lipinski definition) is 1. The molecule has 1 aromatic carbocycles. The molecule has 2 rings (SSSR count). The van der Waals surface area contributed by atoms with E-state index in [1.54, 1.807) is 6.07 Å². The summed E-state index contributed by atoms with van der Waals surface area (Å²) in [6.07, 6.45) is 1.22. The van der Waals surface area contributed by atoms with Gasteiger partial charge in [-0.25, -0.2) is 8.42 Å². The summed E-state index contributed by atoms with van der Waals surface area (Å²) < 4.78 is 31.9. The van der Waals surface area contributed by atoms with Crippen molar-refractivity contribution in [3.05, 3.63) is 29.3 Å². The summed E-state index contributed by atoms with van der Waals surface area (Å²) in [5.74, 6) is -0.164. The van der Waals surface area contributed by atoms with Crippen molar-refractivity contribution in [3.63, 3.8) is 0 Å². The maximum atomic E-state index is 12.8. The van der Waals surface area contributed by atoms with Crippen LogP contribution in [-0.2, 0) is 19.6 Å². The van der Waals surface area contributed by atoms with Crippen molar-refractivity contribution in [3.8, 4) is 0 Å². The average molecular weight is 340 g/mol. The molecule has 1 N–H and O–H groups in total. The van der Waals surface area contributed by atoms with Gasteiger partial charge in [0.15, 0.2) is 0 Å². The molecule has 0 bridgehead atoms. The molecular weight excluding hydrogens is 316 g/mol. The van der Waals surface area contributed by atoms with Crippen molar-refractivity contribution in [2.45, 2.75) is 37.6 Å². The van der Waals surface area contributed by atoms with Gasteiger partial charge in [0.25, 0.3) is 0 Å². The summed E-state index contributed by atoms with van der Waals surface area (Å²) in [7, 11) is -2.01. The molecule has 23 heavy (non-hydrogen) atoms. The Kier molecular flexibility index (Phi) is 5.78. The number of piperidine rings is 1. The van der Waals surface area contributed by atoms with Crippen LogP contribution in [-0.4, -0.2) is 51.5 Å². The second-order valence-electron chi connectivity index (χ2n) is 5.95. The molecule has 6 nitrogen and oxygen atoms in total. The van der Waals surface area contributed by atoms with E-state index in [4.69, 9.17) is 4.74 Å². The molecule has 0 radical (unpaired) electrons. The zero-order valence-electron chi connectivity index (χ0n) is 13.8. The van der Waals surface area contributed by atoms with Gasteiger partial charge in [0, 0.05) is 26.2 Å². The van der Waals surface area contributed by atoms with E-state index in [0.29, 0.717) is 30.8 Å². The fraction of sp³-hybridized carbons (Fsp3) is 0.562. The first-order chi connectivity index (χ1) is 10.8. The Morgan fingerprint density at radius 2 is 1.96 bits per heavy atom. The van der Waals surface area contributed by atoms with Crippen LogP contribution < -0.4 is 5.32 Å². The number of sulfonamides is 1. The third-order valence-electron chi connectivity index (χ3n) is 4.06. The van der Waals surface area contributed by atoms with Gasteiger partial charge in [-0.05, 0) is 43.9 Å². The Hall–Kier alpha value is -1.44. The van der Waals surface area contributed by atoms with Gasteiger partial charge in [-0.15, -0.1) is 0 Å². The van der Waals surface area contributed by atoms with E-state index in [1.807, 2.05) is 26.0 Å². The van der Waals surface area contributed by atoms with E-state index in [0.717, 1.165) is 11.1 Å². The van der Waals surface area contributed by atoms with Crippen LogP contribution in [0.25, 0.3) is 0 Å². The molecule has 1 saturated heterocycles. The van der Waals surface area contributed by atoms with Gasteiger partial charge < -0.3 is 10.1 Å². The fourth-order valence-corrected chi connectivity index (χ4v) is 4.54. The highest BCUT2D eigenvalue weighted by Crippen LogP contribution is 2.24. The molecule has 1 amide bonds. The number of rotatable bonds is 5. The number of nitrogens with one attached hydrogen (secondary N) is 1. The third-order valence-corrected chi connectivity index (χ3v) is 6.10. The van der Waals surface area contributed by atoms with Crippen LogP contribution in [0.3, 0.4) is 0 Å². The molecule has 0 unspecified atom stereocenters. The Morgan fingerprint density at radius 3 is 2.57 bits per heavy atom. The lowest BCUT2D eigenvalue weighted by Crippen LogP contribution is -2.47. The van der Waals surface area contributed by atoms with Gasteiger partial charge in [-0.3, -0.25) is 4.79 Å². The highest BCUT2D eigenvalue weighted by molar-refractivity contribution is 7.89. The van der Waals surface area contributed by atoms with E-state index in [9.17, 15) is 13.2 Å². The van der Waals surface area contributed by atoms with Crippen LogP contribution in [0.2, 0.25) is 0 Å². The second-order valence-corrected chi connectivity index (χ2v) is 7.85. The predicted molar refractivity (Wildman–Crippen MR) is 87.7 cm³/mol. The molecule has 1 heterocycles. The number of amides is 1. The Labute approximate surface area is 137 Å². The van der Waals surface area contributed by atoms with Crippen molar-refractivity contribution >= 4 is 15.9 Å². The van der Waals surface area contributed by atoms with Crippen LogP contribution in [0.15, 0.2) is 23.1 Å². The minimum Gasteiger partial charge on any atom is -0.375 e. The van der Waals surface area contributed by atoms with Crippen LogP contribution in [0.1, 0.15) is 24.0 Å². The Bertz CT molecular complexity index is 665. The molecule has 0 aromatic heterocycles. The second kappa shape index (κ2) is 7.42. The highest BCUT2D eigenvalue weighted by atomic mass is 32.2. The number of methoxy groups -OCH3 is 1. The van der Waals surface area contributed by atoms with E-state index >= 15 is 0 Å². The number of nitrogens with zero attached hydrogens (tertiary/aromatic N) is 1. The molecule has 128 valence electrons.